The number of nitrogens with zero attached hydrogens (tertiary/aromatic N) is 2. The predicted molar refractivity (Wildman–Crippen MR) is 108 cm³/mol. The van der Waals surface area contributed by atoms with E-state index in [-0.39, 0.29) is 11.8 Å². The molecule has 1 aliphatic heterocycles. The van der Waals surface area contributed by atoms with Gasteiger partial charge in [0.15, 0.2) is 0 Å². The van der Waals surface area contributed by atoms with E-state index in [1.165, 1.54) is 0 Å². The molecule has 1 fully saturated rings. The van der Waals surface area contributed by atoms with Crippen molar-refractivity contribution >= 4 is 11.8 Å². The van der Waals surface area contributed by atoms with Crippen LogP contribution in [-0.2, 0) is 4.79 Å². The number of ether oxygens (including phenoxy) is 1. The topological polar surface area (TPSA) is 61.9 Å². The third-order valence-electron chi connectivity index (χ3n) is 4.80. The van der Waals surface area contributed by atoms with Crippen LogP contribution in [0.3, 0.4) is 0 Å². The van der Waals surface area contributed by atoms with Crippen molar-refractivity contribution in [2.75, 3.05) is 45.9 Å². The number of nitrogens with one attached hydrogen (secondary N) is 1. The highest BCUT2D eigenvalue weighted by atomic mass is 16.5. The Morgan fingerprint density at radius 3 is 2.21 bits per heavy atom. The maximum absolute atomic E-state index is 12.4. The van der Waals surface area contributed by atoms with E-state index in [4.69, 9.17) is 4.74 Å². The number of amides is 2. The lowest BCUT2D eigenvalue weighted by atomic mass is 10.2. The first-order valence-electron chi connectivity index (χ1n) is 9.73. The van der Waals surface area contributed by atoms with E-state index >= 15 is 0 Å². The zero-order valence-electron chi connectivity index (χ0n) is 16.0. The Balaban J connectivity index is 1.30. The summed E-state index contributed by atoms with van der Waals surface area (Å²) in [7, 11) is 0. The van der Waals surface area contributed by atoms with Crippen LogP contribution < -0.4 is 10.1 Å². The van der Waals surface area contributed by atoms with E-state index in [0.717, 1.165) is 38.5 Å². The van der Waals surface area contributed by atoms with Gasteiger partial charge in [-0.05, 0) is 24.3 Å². The standard InChI is InChI=1S/C22H27N3O3/c26-21(11-12-23-22(27)19-7-3-1-4-8-19)25-15-13-24(14-16-25)17-18-28-20-9-5-2-6-10-20/h1-10H,11-18H2,(H,23,27). The molecule has 1 saturated heterocycles. The van der Waals surface area contributed by atoms with Crippen molar-refractivity contribution in [2.45, 2.75) is 6.42 Å². The lowest BCUT2D eigenvalue weighted by Crippen LogP contribution is -2.50. The second-order valence-corrected chi connectivity index (χ2v) is 6.76. The molecule has 0 aliphatic carbocycles. The molecule has 0 unspecified atom stereocenters. The second-order valence-electron chi connectivity index (χ2n) is 6.76. The molecule has 0 spiro atoms. The van der Waals surface area contributed by atoms with Gasteiger partial charge in [0.25, 0.3) is 5.91 Å². The molecule has 0 bridgehead atoms. The quantitative estimate of drug-likeness (QED) is 0.760. The van der Waals surface area contributed by atoms with Gasteiger partial charge in [-0.25, -0.2) is 0 Å². The molecule has 0 atom stereocenters. The van der Waals surface area contributed by atoms with Crippen LogP contribution in [0.5, 0.6) is 5.75 Å². The predicted octanol–water partition coefficient (Wildman–Crippen LogP) is 2.03. The van der Waals surface area contributed by atoms with E-state index in [9.17, 15) is 9.59 Å². The zero-order chi connectivity index (χ0) is 19.6. The molecule has 2 amide bonds. The van der Waals surface area contributed by atoms with Gasteiger partial charge in [-0.15, -0.1) is 0 Å². The van der Waals surface area contributed by atoms with Crippen LogP contribution in [0.25, 0.3) is 0 Å². The van der Waals surface area contributed by atoms with E-state index in [2.05, 4.69) is 10.2 Å². The van der Waals surface area contributed by atoms with Crippen LogP contribution in [0.2, 0.25) is 0 Å². The molecule has 1 N–H and O–H groups in total. The molecule has 0 aromatic heterocycles. The molecule has 6 heteroatoms. The van der Waals surface area contributed by atoms with Crippen molar-refractivity contribution in [1.29, 1.82) is 0 Å². The fraction of sp³-hybridized carbons (Fsp3) is 0.364. The molecule has 2 aromatic carbocycles. The molecule has 0 radical (unpaired) electrons. The maximum Gasteiger partial charge on any atom is 0.251 e. The van der Waals surface area contributed by atoms with E-state index in [1.54, 1.807) is 12.1 Å². The average molecular weight is 381 g/mol. The zero-order valence-corrected chi connectivity index (χ0v) is 16.0. The number of carbonyl (C=O) groups excluding carboxylic acids is 2. The van der Waals surface area contributed by atoms with Gasteiger partial charge in [0, 0.05) is 51.3 Å². The Morgan fingerprint density at radius 1 is 0.893 bits per heavy atom. The lowest BCUT2D eigenvalue weighted by molar-refractivity contribution is -0.132. The molecule has 3 rings (SSSR count). The smallest absolute Gasteiger partial charge is 0.251 e. The number of hydrogen-bond donors (Lipinski definition) is 1. The first kappa shape index (κ1) is 19.9. The fourth-order valence-corrected chi connectivity index (χ4v) is 3.16. The van der Waals surface area contributed by atoms with Crippen LogP contribution in [0, 0.1) is 0 Å². The van der Waals surface area contributed by atoms with Gasteiger partial charge < -0.3 is 15.0 Å². The first-order chi connectivity index (χ1) is 13.7. The first-order valence-corrected chi connectivity index (χ1v) is 9.73. The summed E-state index contributed by atoms with van der Waals surface area (Å²) in [5.41, 5.74) is 0.612. The summed E-state index contributed by atoms with van der Waals surface area (Å²) in [6, 6.07) is 18.8. The molecule has 28 heavy (non-hydrogen) atoms. The van der Waals surface area contributed by atoms with Crippen LogP contribution >= 0.6 is 0 Å². The highest BCUT2D eigenvalue weighted by molar-refractivity contribution is 5.94. The molecule has 0 saturated carbocycles. The molecule has 2 aromatic rings. The maximum atomic E-state index is 12.4. The van der Waals surface area contributed by atoms with Gasteiger partial charge in [0.05, 0.1) is 0 Å². The Bertz CT molecular complexity index is 744. The number of carbonyl (C=O) groups is 2. The minimum Gasteiger partial charge on any atom is -0.492 e. The van der Waals surface area contributed by atoms with Crippen LogP contribution in [0.1, 0.15) is 16.8 Å². The van der Waals surface area contributed by atoms with Gasteiger partial charge in [-0.1, -0.05) is 36.4 Å². The van der Waals surface area contributed by atoms with Gasteiger partial charge in [0.2, 0.25) is 5.91 Å². The molecule has 1 heterocycles. The highest BCUT2D eigenvalue weighted by Crippen LogP contribution is 2.09. The minimum absolute atomic E-state index is 0.0912. The number of piperazine rings is 1. The van der Waals surface area contributed by atoms with E-state index in [1.807, 2.05) is 53.4 Å². The van der Waals surface area contributed by atoms with Gasteiger partial charge >= 0.3 is 0 Å². The average Bonchev–Trinajstić information content (AvgIpc) is 2.75. The minimum atomic E-state index is -0.142. The summed E-state index contributed by atoms with van der Waals surface area (Å²) < 4.78 is 5.73. The molecule has 148 valence electrons. The van der Waals surface area contributed by atoms with Crippen LogP contribution in [0.4, 0.5) is 0 Å². The Morgan fingerprint density at radius 2 is 1.54 bits per heavy atom. The highest BCUT2D eigenvalue weighted by Gasteiger charge is 2.20. The number of rotatable bonds is 8. The largest absolute Gasteiger partial charge is 0.492 e. The summed E-state index contributed by atoms with van der Waals surface area (Å²) in [5.74, 6) is 0.832. The summed E-state index contributed by atoms with van der Waals surface area (Å²) in [6.07, 6.45) is 0.329. The molecular formula is C22H27N3O3. The summed E-state index contributed by atoms with van der Waals surface area (Å²) >= 11 is 0. The fourth-order valence-electron chi connectivity index (χ4n) is 3.16. The van der Waals surface area contributed by atoms with Crippen LogP contribution in [0.15, 0.2) is 60.7 Å². The summed E-state index contributed by atoms with van der Waals surface area (Å²) in [6.45, 7) is 4.99. The lowest BCUT2D eigenvalue weighted by Gasteiger charge is -2.34. The van der Waals surface area contributed by atoms with Crippen molar-refractivity contribution < 1.29 is 14.3 Å². The molecule has 6 nitrogen and oxygen atoms in total. The van der Waals surface area contributed by atoms with E-state index < -0.39 is 0 Å². The number of hydrogen-bond acceptors (Lipinski definition) is 4. The molecule has 1 aliphatic rings. The third-order valence-corrected chi connectivity index (χ3v) is 4.80. The number of benzene rings is 2. The Labute approximate surface area is 166 Å². The normalized spacial score (nSPS) is 14.5. The molecular weight excluding hydrogens is 354 g/mol. The van der Waals surface area contributed by atoms with Crippen molar-refractivity contribution in [3.8, 4) is 5.75 Å². The van der Waals surface area contributed by atoms with Gasteiger partial charge in [-0.3, -0.25) is 14.5 Å². The van der Waals surface area contributed by atoms with Crippen molar-refractivity contribution in [1.82, 2.24) is 15.1 Å². The monoisotopic (exact) mass is 381 g/mol. The second kappa shape index (κ2) is 10.5. The van der Waals surface area contributed by atoms with E-state index in [0.29, 0.717) is 25.1 Å². The summed E-state index contributed by atoms with van der Waals surface area (Å²) in [5, 5.41) is 2.81. The van der Waals surface area contributed by atoms with Crippen LogP contribution in [-0.4, -0.2) is 67.5 Å². The SMILES string of the molecule is O=C(NCCC(=O)N1CCN(CCOc2ccccc2)CC1)c1ccccc1. The van der Waals surface area contributed by atoms with Gasteiger partial charge in [0.1, 0.15) is 12.4 Å². The Kier molecular flexibility index (Phi) is 7.44. The van der Waals surface area contributed by atoms with Gasteiger partial charge in [-0.2, -0.15) is 0 Å². The van der Waals surface area contributed by atoms with Crippen molar-refractivity contribution in [2.24, 2.45) is 0 Å². The summed E-state index contributed by atoms with van der Waals surface area (Å²) in [4.78, 5) is 28.5. The van der Waals surface area contributed by atoms with Crippen molar-refractivity contribution in [3.05, 3.63) is 66.2 Å². The number of para-hydroxylation sites is 1. The van der Waals surface area contributed by atoms with Crippen molar-refractivity contribution in [3.63, 3.8) is 0 Å². The Hall–Kier alpha value is -2.86. The third kappa shape index (κ3) is 6.09.